The summed E-state index contributed by atoms with van der Waals surface area (Å²) in [7, 11) is 0. The van der Waals surface area contributed by atoms with E-state index in [2.05, 4.69) is 5.32 Å². The van der Waals surface area contributed by atoms with Gasteiger partial charge in [0.15, 0.2) is 0 Å². The Labute approximate surface area is 192 Å². The van der Waals surface area contributed by atoms with E-state index in [1.807, 2.05) is 12.2 Å². The zero-order chi connectivity index (χ0) is 23.1. The van der Waals surface area contributed by atoms with Gasteiger partial charge in [0.05, 0.1) is 11.8 Å². The molecule has 4 aliphatic rings. The van der Waals surface area contributed by atoms with Crippen molar-refractivity contribution in [1.82, 2.24) is 15.1 Å². The zero-order valence-corrected chi connectivity index (χ0v) is 18.4. The molecule has 2 aliphatic heterocycles. The summed E-state index contributed by atoms with van der Waals surface area (Å²) in [5.74, 6) is -1.55. The molecule has 2 heterocycles. The van der Waals surface area contributed by atoms with Crippen molar-refractivity contribution in [2.24, 2.45) is 29.6 Å². The topological polar surface area (TPSA) is 86.8 Å². The third-order valence-corrected chi connectivity index (χ3v) is 7.72. The molecular formula is C25H28FN3O4. The molecule has 4 amide bonds. The van der Waals surface area contributed by atoms with Gasteiger partial charge in [0.25, 0.3) is 0 Å². The number of hydrogen-bond donors (Lipinski definition) is 1. The monoisotopic (exact) mass is 453 g/mol. The largest absolute Gasteiger partial charge is 0.356 e. The number of rotatable bonds is 6. The number of halogens is 1. The number of likely N-dealkylation sites (tertiary alicyclic amines) is 2. The van der Waals surface area contributed by atoms with Crippen molar-refractivity contribution in [3.05, 3.63) is 47.8 Å². The zero-order valence-electron chi connectivity index (χ0n) is 18.4. The first-order chi connectivity index (χ1) is 15.9. The summed E-state index contributed by atoms with van der Waals surface area (Å²) in [5, 5.41) is 2.87. The van der Waals surface area contributed by atoms with Crippen molar-refractivity contribution in [2.45, 2.75) is 25.7 Å². The summed E-state index contributed by atoms with van der Waals surface area (Å²) >= 11 is 0. The molecule has 1 aromatic carbocycles. The molecular weight excluding hydrogens is 425 g/mol. The van der Waals surface area contributed by atoms with Crippen LogP contribution in [0.5, 0.6) is 0 Å². The molecule has 1 aromatic rings. The normalized spacial score (nSPS) is 28.5. The molecule has 3 fully saturated rings. The van der Waals surface area contributed by atoms with E-state index >= 15 is 0 Å². The standard InChI is InChI=1S/C25H28FN3O4/c26-19-4-2-1-3-15(19)7-10-27-23(31)16-8-11-28(12-9-16)20(30)14-29-24(32)21-17-5-6-18(13-17)22(21)25(29)33/h1-6,16-18,21-22H,7-14H2,(H,27,31). The van der Waals surface area contributed by atoms with E-state index in [4.69, 9.17) is 0 Å². The van der Waals surface area contributed by atoms with Crippen molar-refractivity contribution in [1.29, 1.82) is 0 Å². The molecule has 8 heteroatoms. The number of imide groups is 1. The molecule has 2 bridgehead atoms. The van der Waals surface area contributed by atoms with Gasteiger partial charge in [0.1, 0.15) is 12.4 Å². The number of carbonyl (C=O) groups excluding carboxylic acids is 4. The molecule has 0 radical (unpaired) electrons. The maximum absolute atomic E-state index is 13.7. The van der Waals surface area contributed by atoms with Gasteiger partial charge in [-0.25, -0.2) is 4.39 Å². The molecule has 5 rings (SSSR count). The molecule has 7 nitrogen and oxygen atoms in total. The molecule has 2 aliphatic carbocycles. The van der Waals surface area contributed by atoms with Gasteiger partial charge in [0.2, 0.25) is 23.6 Å². The Morgan fingerprint density at radius 2 is 1.64 bits per heavy atom. The summed E-state index contributed by atoms with van der Waals surface area (Å²) in [6, 6.07) is 6.51. The van der Waals surface area contributed by atoms with Gasteiger partial charge in [-0.15, -0.1) is 0 Å². The molecule has 33 heavy (non-hydrogen) atoms. The molecule has 4 unspecified atom stereocenters. The molecule has 2 saturated heterocycles. The Balaban J connectivity index is 1.08. The third-order valence-electron chi connectivity index (χ3n) is 7.72. The van der Waals surface area contributed by atoms with Crippen LogP contribution in [0.15, 0.2) is 36.4 Å². The fraction of sp³-hybridized carbons (Fsp3) is 0.520. The molecule has 1 saturated carbocycles. The lowest BCUT2D eigenvalue weighted by Gasteiger charge is -2.32. The SMILES string of the molecule is O=C(NCCc1ccccc1F)C1CCN(C(=O)CN2C(=O)C3C4C=CC(C4)C3C2=O)CC1. The van der Waals surface area contributed by atoms with Crippen LogP contribution in [0.25, 0.3) is 0 Å². The number of nitrogens with one attached hydrogen (secondary N) is 1. The van der Waals surface area contributed by atoms with E-state index in [9.17, 15) is 23.6 Å². The van der Waals surface area contributed by atoms with E-state index in [1.54, 1.807) is 23.1 Å². The predicted molar refractivity (Wildman–Crippen MR) is 117 cm³/mol. The van der Waals surface area contributed by atoms with Crippen LogP contribution in [0.1, 0.15) is 24.8 Å². The van der Waals surface area contributed by atoms with Crippen LogP contribution in [0.4, 0.5) is 4.39 Å². The molecule has 174 valence electrons. The number of piperidine rings is 1. The van der Waals surface area contributed by atoms with Crippen LogP contribution in [0.2, 0.25) is 0 Å². The lowest BCUT2D eigenvalue weighted by Crippen LogP contribution is -2.48. The average molecular weight is 454 g/mol. The Kier molecular flexibility index (Phi) is 5.76. The van der Waals surface area contributed by atoms with Gasteiger partial charge < -0.3 is 10.2 Å². The number of carbonyl (C=O) groups is 4. The van der Waals surface area contributed by atoms with Crippen LogP contribution >= 0.6 is 0 Å². The molecule has 1 N–H and O–H groups in total. The van der Waals surface area contributed by atoms with Gasteiger partial charge in [0, 0.05) is 25.6 Å². The van der Waals surface area contributed by atoms with Gasteiger partial charge >= 0.3 is 0 Å². The highest BCUT2D eigenvalue weighted by atomic mass is 19.1. The van der Waals surface area contributed by atoms with Gasteiger partial charge in [-0.2, -0.15) is 0 Å². The van der Waals surface area contributed by atoms with E-state index in [1.165, 1.54) is 6.07 Å². The summed E-state index contributed by atoms with van der Waals surface area (Å²) in [5.41, 5.74) is 0.567. The highest BCUT2D eigenvalue weighted by molar-refractivity contribution is 6.08. The van der Waals surface area contributed by atoms with Crippen LogP contribution in [0.3, 0.4) is 0 Å². The smallest absolute Gasteiger partial charge is 0.242 e. The first kappa shape index (κ1) is 21.8. The molecule has 0 spiro atoms. The van der Waals surface area contributed by atoms with Crippen molar-refractivity contribution < 1.29 is 23.6 Å². The Hall–Kier alpha value is -3.03. The summed E-state index contributed by atoms with van der Waals surface area (Å²) in [6.07, 6.45) is 6.41. The maximum atomic E-state index is 13.7. The van der Waals surface area contributed by atoms with Crippen molar-refractivity contribution in [2.75, 3.05) is 26.2 Å². The molecule has 0 aromatic heterocycles. The second-order valence-electron chi connectivity index (χ2n) is 9.55. The first-order valence-electron chi connectivity index (χ1n) is 11.8. The van der Waals surface area contributed by atoms with Crippen molar-refractivity contribution >= 4 is 23.6 Å². The highest BCUT2D eigenvalue weighted by Crippen LogP contribution is 2.52. The van der Waals surface area contributed by atoms with E-state index < -0.39 is 0 Å². The first-order valence-corrected chi connectivity index (χ1v) is 11.8. The van der Waals surface area contributed by atoms with E-state index in [0.29, 0.717) is 44.5 Å². The quantitative estimate of drug-likeness (QED) is 0.523. The average Bonchev–Trinajstić information content (AvgIpc) is 3.50. The third kappa shape index (κ3) is 3.96. The van der Waals surface area contributed by atoms with E-state index in [0.717, 1.165) is 11.3 Å². The number of allylic oxidation sites excluding steroid dienone is 2. The second-order valence-corrected chi connectivity index (χ2v) is 9.55. The number of hydrogen-bond acceptors (Lipinski definition) is 4. The predicted octanol–water partition coefficient (Wildman–Crippen LogP) is 1.53. The Morgan fingerprint density at radius 1 is 1.00 bits per heavy atom. The van der Waals surface area contributed by atoms with Crippen molar-refractivity contribution in [3.63, 3.8) is 0 Å². The Bertz CT molecular complexity index is 987. The minimum absolute atomic E-state index is 0.0841. The minimum Gasteiger partial charge on any atom is -0.356 e. The number of nitrogens with zero attached hydrogens (tertiary/aromatic N) is 2. The fourth-order valence-electron chi connectivity index (χ4n) is 5.91. The maximum Gasteiger partial charge on any atom is 0.242 e. The fourth-order valence-corrected chi connectivity index (χ4v) is 5.91. The summed E-state index contributed by atoms with van der Waals surface area (Å²) < 4.78 is 13.7. The summed E-state index contributed by atoms with van der Waals surface area (Å²) in [4.78, 5) is 53.7. The second kappa shape index (κ2) is 8.72. The number of benzene rings is 1. The van der Waals surface area contributed by atoms with Gasteiger partial charge in [-0.3, -0.25) is 24.1 Å². The Morgan fingerprint density at radius 3 is 2.27 bits per heavy atom. The van der Waals surface area contributed by atoms with Gasteiger partial charge in [-0.05, 0) is 49.1 Å². The van der Waals surface area contributed by atoms with Crippen molar-refractivity contribution in [3.8, 4) is 0 Å². The number of amides is 4. The van der Waals surface area contributed by atoms with Crippen LogP contribution in [-0.4, -0.2) is 59.6 Å². The van der Waals surface area contributed by atoms with Crippen LogP contribution < -0.4 is 5.32 Å². The lowest BCUT2D eigenvalue weighted by atomic mass is 9.85. The van der Waals surface area contributed by atoms with E-state index in [-0.39, 0.29) is 65.6 Å². The minimum atomic E-state index is -0.293. The highest BCUT2D eigenvalue weighted by Gasteiger charge is 2.59. The lowest BCUT2D eigenvalue weighted by molar-refractivity contribution is -0.147. The van der Waals surface area contributed by atoms with Crippen LogP contribution in [-0.2, 0) is 25.6 Å². The molecule has 4 atom stereocenters. The van der Waals surface area contributed by atoms with Crippen LogP contribution in [0, 0.1) is 35.4 Å². The van der Waals surface area contributed by atoms with Gasteiger partial charge in [-0.1, -0.05) is 30.4 Å². The summed E-state index contributed by atoms with van der Waals surface area (Å²) in [6.45, 7) is 0.987. The number of fused-ring (bicyclic) bond motifs is 5.